The third kappa shape index (κ3) is 5.65. The van der Waals surface area contributed by atoms with Crippen molar-refractivity contribution in [3.63, 3.8) is 0 Å². The molecule has 0 atom stereocenters. The maximum atomic E-state index is 11.4. The molecule has 1 amide bonds. The van der Waals surface area contributed by atoms with Crippen molar-refractivity contribution in [2.75, 3.05) is 20.8 Å². The van der Waals surface area contributed by atoms with Crippen LogP contribution in [-0.2, 0) is 17.8 Å². The molecule has 0 unspecified atom stereocenters. The molecule has 6 heteroatoms. The zero-order chi connectivity index (χ0) is 15.0. The highest BCUT2D eigenvalue weighted by atomic mass is 35.5. The summed E-state index contributed by atoms with van der Waals surface area (Å²) in [6.45, 7) is 4.52. The summed E-state index contributed by atoms with van der Waals surface area (Å²) in [6, 6.07) is 3.83. The first-order valence-electron chi connectivity index (χ1n) is 6.47. The second kappa shape index (κ2) is 10.1. The summed E-state index contributed by atoms with van der Waals surface area (Å²) < 4.78 is 10.7. The zero-order valence-corrected chi connectivity index (χ0v) is 13.3. The van der Waals surface area contributed by atoms with Crippen molar-refractivity contribution in [2.24, 2.45) is 5.73 Å². The van der Waals surface area contributed by atoms with Gasteiger partial charge in [-0.2, -0.15) is 0 Å². The van der Waals surface area contributed by atoms with E-state index in [1.807, 2.05) is 12.1 Å². The zero-order valence-electron chi connectivity index (χ0n) is 12.5. The largest absolute Gasteiger partial charge is 0.493 e. The van der Waals surface area contributed by atoms with Gasteiger partial charge in [0, 0.05) is 25.1 Å². The number of nitrogens with two attached hydrogens (primary N) is 1. The van der Waals surface area contributed by atoms with E-state index < -0.39 is 0 Å². The molecule has 0 radical (unpaired) electrons. The Morgan fingerprint density at radius 1 is 1.38 bits per heavy atom. The number of ether oxygens (including phenoxy) is 2. The molecule has 0 saturated heterocycles. The lowest BCUT2D eigenvalue weighted by atomic mass is 10.1. The predicted octanol–water partition coefficient (Wildman–Crippen LogP) is 1.82. The van der Waals surface area contributed by atoms with Gasteiger partial charge in [0.15, 0.2) is 11.5 Å². The lowest BCUT2D eigenvalue weighted by molar-refractivity contribution is -0.121. The van der Waals surface area contributed by atoms with Crippen LogP contribution in [0.1, 0.15) is 17.5 Å². The molecular formula is C15H23ClN2O3. The van der Waals surface area contributed by atoms with Gasteiger partial charge in [0.1, 0.15) is 0 Å². The van der Waals surface area contributed by atoms with Gasteiger partial charge >= 0.3 is 0 Å². The molecule has 21 heavy (non-hydrogen) atoms. The first kappa shape index (κ1) is 19.3. The van der Waals surface area contributed by atoms with Gasteiger partial charge in [-0.15, -0.1) is 19.0 Å². The van der Waals surface area contributed by atoms with Crippen LogP contribution in [0.4, 0.5) is 0 Å². The SMILES string of the molecule is C=CCc1cc(CNC(=O)CCN)cc(OC)c1OC.Cl. The number of nitrogens with one attached hydrogen (secondary N) is 1. The highest BCUT2D eigenvalue weighted by Crippen LogP contribution is 2.33. The summed E-state index contributed by atoms with van der Waals surface area (Å²) in [4.78, 5) is 11.4. The average molecular weight is 315 g/mol. The highest BCUT2D eigenvalue weighted by molar-refractivity contribution is 5.85. The predicted molar refractivity (Wildman–Crippen MR) is 86.2 cm³/mol. The molecule has 0 aromatic heterocycles. The Morgan fingerprint density at radius 3 is 2.62 bits per heavy atom. The Labute approximate surface area is 131 Å². The molecule has 0 saturated carbocycles. The Morgan fingerprint density at radius 2 is 2.10 bits per heavy atom. The number of carbonyl (C=O) groups excluding carboxylic acids is 1. The monoisotopic (exact) mass is 314 g/mol. The fraction of sp³-hybridized carbons (Fsp3) is 0.400. The molecule has 0 bridgehead atoms. The second-order valence-corrected chi connectivity index (χ2v) is 4.30. The van der Waals surface area contributed by atoms with E-state index in [9.17, 15) is 4.79 Å². The maximum Gasteiger partial charge on any atom is 0.221 e. The van der Waals surface area contributed by atoms with Crippen molar-refractivity contribution in [2.45, 2.75) is 19.4 Å². The molecule has 5 nitrogen and oxygen atoms in total. The van der Waals surface area contributed by atoms with E-state index in [1.54, 1.807) is 20.3 Å². The normalized spacial score (nSPS) is 9.48. The summed E-state index contributed by atoms with van der Waals surface area (Å²) >= 11 is 0. The number of hydrogen-bond acceptors (Lipinski definition) is 4. The molecule has 1 aromatic carbocycles. The molecule has 3 N–H and O–H groups in total. The van der Waals surface area contributed by atoms with Crippen molar-refractivity contribution >= 4 is 18.3 Å². The van der Waals surface area contributed by atoms with E-state index in [0.29, 0.717) is 37.4 Å². The first-order valence-corrected chi connectivity index (χ1v) is 6.47. The van der Waals surface area contributed by atoms with Gasteiger partial charge in [0.2, 0.25) is 5.91 Å². The third-order valence-corrected chi connectivity index (χ3v) is 2.84. The number of carbonyl (C=O) groups is 1. The van der Waals surface area contributed by atoms with Crippen molar-refractivity contribution < 1.29 is 14.3 Å². The van der Waals surface area contributed by atoms with Crippen LogP contribution >= 0.6 is 12.4 Å². The molecule has 118 valence electrons. The lowest BCUT2D eigenvalue weighted by Crippen LogP contribution is -2.25. The van der Waals surface area contributed by atoms with Crippen molar-refractivity contribution in [3.05, 3.63) is 35.9 Å². The maximum absolute atomic E-state index is 11.4. The van der Waals surface area contributed by atoms with Crippen LogP contribution in [0.25, 0.3) is 0 Å². The van der Waals surface area contributed by atoms with E-state index in [-0.39, 0.29) is 18.3 Å². The van der Waals surface area contributed by atoms with Crippen LogP contribution in [0.2, 0.25) is 0 Å². The van der Waals surface area contributed by atoms with Gasteiger partial charge in [-0.1, -0.05) is 6.08 Å². The van der Waals surface area contributed by atoms with Crippen LogP contribution in [0.5, 0.6) is 11.5 Å². The topological polar surface area (TPSA) is 73.6 Å². The number of methoxy groups -OCH3 is 2. The van der Waals surface area contributed by atoms with Gasteiger partial charge in [-0.25, -0.2) is 0 Å². The molecule has 0 spiro atoms. The summed E-state index contributed by atoms with van der Waals surface area (Å²) in [5.74, 6) is 1.28. The number of amides is 1. The van der Waals surface area contributed by atoms with Crippen molar-refractivity contribution in [1.82, 2.24) is 5.32 Å². The molecule has 1 rings (SSSR count). The van der Waals surface area contributed by atoms with Crippen molar-refractivity contribution in [1.29, 1.82) is 0 Å². The molecule has 0 fully saturated rings. The molecule has 1 aromatic rings. The highest BCUT2D eigenvalue weighted by Gasteiger charge is 2.12. The van der Waals surface area contributed by atoms with Crippen molar-refractivity contribution in [3.8, 4) is 11.5 Å². The van der Waals surface area contributed by atoms with E-state index in [4.69, 9.17) is 15.2 Å². The number of hydrogen-bond donors (Lipinski definition) is 2. The smallest absolute Gasteiger partial charge is 0.221 e. The Bertz CT molecular complexity index is 478. The second-order valence-electron chi connectivity index (χ2n) is 4.30. The van der Waals surface area contributed by atoms with Crippen LogP contribution in [0.15, 0.2) is 24.8 Å². The summed E-state index contributed by atoms with van der Waals surface area (Å²) in [6.07, 6.45) is 2.80. The van der Waals surface area contributed by atoms with Crippen LogP contribution in [-0.4, -0.2) is 26.7 Å². The number of allylic oxidation sites excluding steroid dienone is 1. The Hall–Kier alpha value is -1.72. The Balaban J connectivity index is 0.00000400. The van der Waals surface area contributed by atoms with E-state index in [0.717, 1.165) is 11.1 Å². The van der Waals surface area contributed by atoms with Gasteiger partial charge in [-0.3, -0.25) is 4.79 Å². The average Bonchev–Trinajstić information content (AvgIpc) is 2.45. The van der Waals surface area contributed by atoms with E-state index in [1.165, 1.54) is 0 Å². The standard InChI is InChI=1S/C15H22N2O3.ClH/c1-4-5-12-8-11(10-17-14(18)6-7-16)9-13(19-2)15(12)20-3;/h4,8-9H,1,5-7,10,16H2,2-3H3,(H,17,18);1H. The number of rotatable bonds is 8. The number of halogens is 1. The summed E-state index contributed by atoms with van der Waals surface area (Å²) in [5.41, 5.74) is 7.26. The third-order valence-electron chi connectivity index (χ3n) is 2.84. The molecule has 0 aliphatic heterocycles. The fourth-order valence-corrected chi connectivity index (χ4v) is 1.94. The van der Waals surface area contributed by atoms with Crippen LogP contribution < -0.4 is 20.5 Å². The van der Waals surface area contributed by atoms with E-state index in [2.05, 4.69) is 11.9 Å². The van der Waals surface area contributed by atoms with Gasteiger partial charge in [-0.05, 0) is 24.1 Å². The van der Waals surface area contributed by atoms with Gasteiger partial charge < -0.3 is 20.5 Å². The minimum Gasteiger partial charge on any atom is -0.493 e. The molecule has 0 heterocycles. The van der Waals surface area contributed by atoms with Crippen LogP contribution in [0.3, 0.4) is 0 Å². The van der Waals surface area contributed by atoms with Gasteiger partial charge in [0.05, 0.1) is 14.2 Å². The quantitative estimate of drug-likeness (QED) is 0.718. The summed E-state index contributed by atoms with van der Waals surface area (Å²) in [7, 11) is 3.19. The summed E-state index contributed by atoms with van der Waals surface area (Å²) in [5, 5.41) is 2.82. The molecular weight excluding hydrogens is 292 g/mol. The minimum absolute atomic E-state index is 0. The van der Waals surface area contributed by atoms with Gasteiger partial charge in [0.25, 0.3) is 0 Å². The molecule has 0 aliphatic carbocycles. The molecule has 0 aliphatic rings. The van der Waals surface area contributed by atoms with Crippen LogP contribution in [0, 0.1) is 0 Å². The van der Waals surface area contributed by atoms with E-state index >= 15 is 0 Å². The Kier molecular flexibility index (Phi) is 9.25. The number of benzene rings is 1. The fourth-order valence-electron chi connectivity index (χ4n) is 1.94. The lowest BCUT2D eigenvalue weighted by Gasteiger charge is -2.14. The first-order chi connectivity index (χ1) is 9.65. The minimum atomic E-state index is -0.0624.